The molecule has 13 nitrogen and oxygen atoms in total. The third-order valence-electron chi connectivity index (χ3n) is 5.34. The van der Waals surface area contributed by atoms with Crippen molar-refractivity contribution in [3.05, 3.63) is 52.6 Å². The van der Waals surface area contributed by atoms with E-state index in [-0.39, 0.29) is 28.2 Å². The summed E-state index contributed by atoms with van der Waals surface area (Å²) in [6, 6.07) is 5.50. The van der Waals surface area contributed by atoms with Crippen molar-refractivity contribution in [3.63, 3.8) is 0 Å². The van der Waals surface area contributed by atoms with Crippen LogP contribution in [-0.2, 0) is 12.5 Å². The summed E-state index contributed by atoms with van der Waals surface area (Å²) in [6.07, 6.45) is 1.24. The number of benzene rings is 1. The molecule has 2 N–H and O–H groups in total. The van der Waals surface area contributed by atoms with Gasteiger partial charge in [0.25, 0.3) is 0 Å². The quantitative estimate of drug-likeness (QED) is 0.412. The summed E-state index contributed by atoms with van der Waals surface area (Å²) in [5.74, 6) is -1.91. The second-order valence-electron chi connectivity index (χ2n) is 8.85. The lowest BCUT2D eigenvalue weighted by atomic mass is 9.91. The molecule has 178 valence electrons. The first-order chi connectivity index (χ1) is 16.4. The minimum Gasteiger partial charge on any atom is -0.478 e. The number of nitrogens with zero attached hydrogens (tertiary/aromatic N) is 9. The van der Waals surface area contributed by atoms with E-state index in [1.807, 2.05) is 45.4 Å². The molecule has 4 aromatic rings. The fourth-order valence-electron chi connectivity index (χ4n) is 3.49. The van der Waals surface area contributed by atoms with E-state index in [0.717, 1.165) is 6.07 Å². The van der Waals surface area contributed by atoms with Gasteiger partial charge in [-0.15, -0.1) is 20.0 Å². The number of aryl methyl sites for hydroxylation is 2. The number of carbonyl (C=O) groups is 2. The summed E-state index contributed by atoms with van der Waals surface area (Å²) >= 11 is 0. The van der Waals surface area contributed by atoms with E-state index in [1.54, 1.807) is 0 Å². The molecule has 0 bridgehead atoms. The predicted molar refractivity (Wildman–Crippen MR) is 122 cm³/mol. The first-order valence-corrected chi connectivity index (χ1v) is 10.4. The Morgan fingerprint density at radius 2 is 1.69 bits per heavy atom. The third-order valence-corrected chi connectivity index (χ3v) is 5.34. The van der Waals surface area contributed by atoms with Gasteiger partial charge in [0.15, 0.2) is 17.2 Å². The van der Waals surface area contributed by atoms with Crippen molar-refractivity contribution in [2.45, 2.75) is 33.1 Å². The Hall–Kier alpha value is -4.86. The maximum atomic E-state index is 11.5. The van der Waals surface area contributed by atoms with Gasteiger partial charge in [0, 0.05) is 12.5 Å². The summed E-state index contributed by atoms with van der Waals surface area (Å²) in [6.45, 7) is 7.73. The van der Waals surface area contributed by atoms with Crippen LogP contribution in [0.4, 0.5) is 11.5 Å². The highest BCUT2D eigenvalue weighted by molar-refractivity contribution is 5.94. The second-order valence-corrected chi connectivity index (χ2v) is 8.85. The molecule has 0 saturated heterocycles. The van der Waals surface area contributed by atoms with E-state index in [1.165, 1.54) is 27.6 Å². The van der Waals surface area contributed by atoms with Crippen LogP contribution in [0, 0.1) is 18.3 Å². The van der Waals surface area contributed by atoms with Crippen LogP contribution in [0.1, 0.15) is 58.6 Å². The highest BCUT2D eigenvalue weighted by Crippen LogP contribution is 2.36. The van der Waals surface area contributed by atoms with Gasteiger partial charge in [0.2, 0.25) is 0 Å². The topological polar surface area (TPSA) is 176 Å². The van der Waals surface area contributed by atoms with Crippen molar-refractivity contribution >= 4 is 29.1 Å². The molecule has 0 fully saturated rings. The van der Waals surface area contributed by atoms with E-state index in [2.05, 4.69) is 25.5 Å². The Morgan fingerprint density at radius 1 is 1.06 bits per heavy atom. The molecule has 0 spiro atoms. The highest BCUT2D eigenvalue weighted by atomic mass is 16.4. The lowest BCUT2D eigenvalue weighted by Gasteiger charge is -2.15. The largest absolute Gasteiger partial charge is 0.478 e. The molecule has 0 unspecified atom stereocenters. The standard InChI is InChI=1S/C22H21N9O4/c1-11-27-31-19(29(11)5)16(17(28-31)22(2,3)4)25-26-18-14(9-23)10-24-30(18)15-7-12(20(32)33)6-13(8-15)21(34)35/h6-8,10H,1-5H3,(H,32,33)(H,34,35)/b26-25+. The first kappa shape index (κ1) is 23.3. The molecule has 0 saturated carbocycles. The number of azo groups is 1. The molecular weight excluding hydrogens is 454 g/mol. The Balaban J connectivity index is 1.93. The van der Waals surface area contributed by atoms with Crippen LogP contribution in [0.3, 0.4) is 0 Å². The molecule has 0 amide bonds. The zero-order valence-corrected chi connectivity index (χ0v) is 19.5. The minimum atomic E-state index is -1.31. The molecule has 35 heavy (non-hydrogen) atoms. The van der Waals surface area contributed by atoms with Crippen molar-refractivity contribution in [1.29, 1.82) is 5.26 Å². The Kier molecular flexibility index (Phi) is 5.44. The van der Waals surface area contributed by atoms with Gasteiger partial charge in [-0.25, -0.2) is 14.3 Å². The zero-order chi connectivity index (χ0) is 25.7. The molecule has 13 heteroatoms. The zero-order valence-electron chi connectivity index (χ0n) is 19.5. The maximum absolute atomic E-state index is 11.5. The molecule has 0 aliphatic heterocycles. The molecule has 0 aliphatic rings. The number of hydrogen-bond acceptors (Lipinski definition) is 8. The number of rotatable bonds is 5. The SMILES string of the molecule is Cc1nn2nc(C(C)(C)C)c(/N=N/c3c(C#N)cnn3-c3cc(C(=O)O)cc(C(=O)O)c3)c2n1C. The van der Waals surface area contributed by atoms with E-state index in [0.29, 0.717) is 22.9 Å². The average Bonchev–Trinajstić information content (AvgIpc) is 3.44. The van der Waals surface area contributed by atoms with Crippen LogP contribution >= 0.6 is 0 Å². The van der Waals surface area contributed by atoms with Gasteiger partial charge in [-0.1, -0.05) is 20.8 Å². The minimum absolute atomic E-state index is 0.00415. The molecule has 4 rings (SSSR count). The van der Waals surface area contributed by atoms with Crippen LogP contribution < -0.4 is 0 Å². The van der Waals surface area contributed by atoms with Gasteiger partial charge in [0.05, 0.1) is 28.7 Å². The van der Waals surface area contributed by atoms with Crippen LogP contribution in [0.5, 0.6) is 0 Å². The third kappa shape index (κ3) is 4.01. The molecular formula is C22H21N9O4. The Bertz CT molecular complexity index is 1540. The van der Waals surface area contributed by atoms with Crippen LogP contribution in [0.2, 0.25) is 0 Å². The van der Waals surface area contributed by atoms with Crippen LogP contribution in [-0.4, -0.2) is 51.3 Å². The number of fused-ring (bicyclic) bond motifs is 1. The van der Waals surface area contributed by atoms with E-state index in [4.69, 9.17) is 0 Å². The van der Waals surface area contributed by atoms with Gasteiger partial charge in [0.1, 0.15) is 17.5 Å². The summed E-state index contributed by atoms with van der Waals surface area (Å²) < 4.78 is 4.46. The Labute approximate surface area is 198 Å². The monoisotopic (exact) mass is 475 g/mol. The normalized spacial score (nSPS) is 11.9. The lowest BCUT2D eigenvalue weighted by molar-refractivity contribution is 0.0696. The smallest absolute Gasteiger partial charge is 0.335 e. The summed E-state index contributed by atoms with van der Waals surface area (Å²) in [5.41, 5.74) is 0.930. The molecule has 3 aromatic heterocycles. The number of hydrogen-bond donors (Lipinski definition) is 2. The van der Waals surface area contributed by atoms with Crippen molar-refractivity contribution < 1.29 is 19.8 Å². The lowest BCUT2D eigenvalue weighted by Crippen LogP contribution is -2.12. The number of nitriles is 1. The second kappa shape index (κ2) is 8.17. The van der Waals surface area contributed by atoms with Crippen LogP contribution in [0.25, 0.3) is 11.3 Å². The number of carboxylic acids is 2. The average molecular weight is 475 g/mol. The summed E-state index contributed by atoms with van der Waals surface area (Å²) in [5, 5.41) is 50.2. The summed E-state index contributed by atoms with van der Waals surface area (Å²) in [4.78, 5) is 23.1. The van der Waals surface area contributed by atoms with Crippen molar-refractivity contribution in [2.24, 2.45) is 17.3 Å². The van der Waals surface area contributed by atoms with Crippen molar-refractivity contribution in [2.75, 3.05) is 0 Å². The van der Waals surface area contributed by atoms with Gasteiger partial charge in [-0.2, -0.15) is 15.5 Å². The molecule has 1 aromatic carbocycles. The van der Waals surface area contributed by atoms with E-state index in [9.17, 15) is 25.1 Å². The van der Waals surface area contributed by atoms with Gasteiger partial charge < -0.3 is 14.8 Å². The fourth-order valence-corrected chi connectivity index (χ4v) is 3.49. The van der Waals surface area contributed by atoms with Crippen LogP contribution in [0.15, 0.2) is 34.6 Å². The fraction of sp³-hybridized carbons (Fsp3) is 0.273. The molecule has 0 atom stereocenters. The summed E-state index contributed by atoms with van der Waals surface area (Å²) in [7, 11) is 1.82. The highest BCUT2D eigenvalue weighted by Gasteiger charge is 2.27. The molecule has 0 radical (unpaired) electrons. The molecule has 0 aliphatic carbocycles. The number of aromatic nitrogens is 6. The van der Waals surface area contributed by atoms with Crippen molar-refractivity contribution in [3.8, 4) is 11.8 Å². The van der Waals surface area contributed by atoms with Gasteiger partial charge in [-0.05, 0) is 25.1 Å². The van der Waals surface area contributed by atoms with Gasteiger partial charge >= 0.3 is 11.9 Å². The maximum Gasteiger partial charge on any atom is 0.335 e. The van der Waals surface area contributed by atoms with Gasteiger partial charge in [-0.3, -0.25) is 0 Å². The van der Waals surface area contributed by atoms with E-state index < -0.39 is 17.4 Å². The number of carboxylic acid groups (broad SMARTS) is 2. The van der Waals surface area contributed by atoms with Crippen molar-refractivity contribution in [1.82, 2.24) is 29.2 Å². The predicted octanol–water partition coefficient (Wildman–Crippen LogP) is 3.54. The first-order valence-electron chi connectivity index (χ1n) is 10.4. The van der Waals surface area contributed by atoms with E-state index >= 15 is 0 Å². The Morgan fingerprint density at radius 3 is 2.23 bits per heavy atom. The molecule has 3 heterocycles. The number of aromatic carboxylic acids is 2.